The average molecular weight is 287 g/mol. The lowest BCUT2D eigenvalue weighted by molar-refractivity contribution is 0.243. The summed E-state index contributed by atoms with van der Waals surface area (Å²) >= 11 is 0. The molecule has 0 spiro atoms. The Morgan fingerprint density at radius 3 is 2.48 bits per heavy atom. The molecule has 21 heavy (non-hydrogen) atoms. The third-order valence-electron chi connectivity index (χ3n) is 3.94. The predicted molar refractivity (Wildman–Crippen MR) is 85.1 cm³/mol. The maximum Gasteiger partial charge on any atom is 0.0669 e. The molecule has 1 unspecified atom stereocenters. The zero-order valence-corrected chi connectivity index (χ0v) is 13.1. The Balaban J connectivity index is 2.15. The van der Waals surface area contributed by atoms with E-state index in [2.05, 4.69) is 24.3 Å². The third-order valence-corrected chi connectivity index (χ3v) is 3.94. The fourth-order valence-corrected chi connectivity index (χ4v) is 2.79. The van der Waals surface area contributed by atoms with Crippen molar-refractivity contribution >= 4 is 0 Å². The van der Waals surface area contributed by atoms with Crippen LogP contribution in [0.15, 0.2) is 30.3 Å². The van der Waals surface area contributed by atoms with Crippen LogP contribution in [0, 0.1) is 0 Å². The van der Waals surface area contributed by atoms with Crippen LogP contribution in [0.5, 0.6) is 0 Å². The lowest BCUT2D eigenvalue weighted by Crippen LogP contribution is -2.24. The molecule has 0 aliphatic heterocycles. The summed E-state index contributed by atoms with van der Waals surface area (Å²) in [5.41, 5.74) is 4.80. The average Bonchev–Trinajstić information content (AvgIpc) is 2.84. The van der Waals surface area contributed by atoms with E-state index in [1.165, 1.54) is 11.3 Å². The lowest BCUT2D eigenvalue weighted by atomic mass is 10.1. The molecule has 0 aliphatic carbocycles. The minimum Gasteiger partial charge on any atom is -0.394 e. The highest BCUT2D eigenvalue weighted by atomic mass is 16.3. The molecule has 2 rings (SSSR count). The molecule has 2 aromatic rings. The number of benzene rings is 1. The molecule has 0 amide bonds. The van der Waals surface area contributed by atoms with Gasteiger partial charge in [-0.2, -0.15) is 5.10 Å². The Bertz CT molecular complexity index is 563. The summed E-state index contributed by atoms with van der Waals surface area (Å²) < 4.78 is 1.98. The molecule has 4 heteroatoms. The van der Waals surface area contributed by atoms with E-state index < -0.39 is 0 Å². The second kappa shape index (κ2) is 7.38. The largest absolute Gasteiger partial charge is 0.394 e. The number of aryl methyl sites for hydroxylation is 2. The predicted octanol–water partition coefficient (Wildman–Crippen LogP) is 2.37. The van der Waals surface area contributed by atoms with Gasteiger partial charge in [0.25, 0.3) is 0 Å². The Morgan fingerprint density at radius 2 is 1.90 bits per heavy atom. The number of rotatable bonds is 7. The topological polar surface area (TPSA) is 50.1 Å². The maximum absolute atomic E-state index is 9.63. The summed E-state index contributed by atoms with van der Waals surface area (Å²) in [4.78, 5) is 0. The van der Waals surface area contributed by atoms with Crippen LogP contribution in [-0.4, -0.2) is 21.5 Å². The van der Waals surface area contributed by atoms with Crippen molar-refractivity contribution in [2.45, 2.75) is 39.3 Å². The van der Waals surface area contributed by atoms with Crippen LogP contribution in [0.2, 0.25) is 0 Å². The van der Waals surface area contributed by atoms with Crippen molar-refractivity contribution in [3.8, 4) is 0 Å². The highest BCUT2D eigenvalue weighted by Crippen LogP contribution is 2.18. The second-order valence-corrected chi connectivity index (χ2v) is 5.23. The van der Waals surface area contributed by atoms with Gasteiger partial charge < -0.3 is 10.4 Å². The van der Waals surface area contributed by atoms with Gasteiger partial charge in [0.05, 0.1) is 18.3 Å². The van der Waals surface area contributed by atoms with Crippen LogP contribution in [-0.2, 0) is 26.4 Å². The molecule has 1 atom stereocenters. The van der Waals surface area contributed by atoms with E-state index in [0.29, 0.717) is 0 Å². The number of aliphatic hydroxyl groups excluding tert-OH is 1. The normalized spacial score (nSPS) is 12.6. The van der Waals surface area contributed by atoms with Gasteiger partial charge in [-0.3, -0.25) is 4.68 Å². The molecule has 2 N–H and O–H groups in total. The first kappa shape index (κ1) is 15.7. The minimum atomic E-state index is -0.0409. The van der Waals surface area contributed by atoms with Gasteiger partial charge >= 0.3 is 0 Å². The van der Waals surface area contributed by atoms with E-state index in [0.717, 1.165) is 30.6 Å². The first-order chi connectivity index (χ1) is 10.2. The van der Waals surface area contributed by atoms with Crippen LogP contribution >= 0.6 is 0 Å². The molecular formula is C17H25N3O. The molecule has 0 saturated carbocycles. The van der Waals surface area contributed by atoms with Gasteiger partial charge in [-0.1, -0.05) is 44.2 Å². The van der Waals surface area contributed by atoms with Crippen LogP contribution in [0.4, 0.5) is 0 Å². The van der Waals surface area contributed by atoms with Gasteiger partial charge in [0, 0.05) is 24.8 Å². The molecule has 1 aromatic heterocycles. The monoisotopic (exact) mass is 287 g/mol. The summed E-state index contributed by atoms with van der Waals surface area (Å²) in [5, 5.41) is 17.7. The minimum absolute atomic E-state index is 0.0409. The molecule has 114 valence electrons. The fraction of sp³-hybridized carbons (Fsp3) is 0.471. The number of hydrogen-bond acceptors (Lipinski definition) is 3. The van der Waals surface area contributed by atoms with Crippen LogP contribution in [0.25, 0.3) is 0 Å². The molecule has 0 bridgehead atoms. The summed E-state index contributed by atoms with van der Waals surface area (Å²) in [6, 6.07) is 10.0. The van der Waals surface area contributed by atoms with Gasteiger partial charge in [0.1, 0.15) is 0 Å². The van der Waals surface area contributed by atoms with Crippen molar-refractivity contribution in [3.63, 3.8) is 0 Å². The van der Waals surface area contributed by atoms with E-state index in [-0.39, 0.29) is 12.6 Å². The Hall–Kier alpha value is -1.65. The molecule has 0 fully saturated rings. The van der Waals surface area contributed by atoms with Gasteiger partial charge in [-0.25, -0.2) is 0 Å². The third kappa shape index (κ3) is 3.52. The fourth-order valence-electron chi connectivity index (χ4n) is 2.79. The summed E-state index contributed by atoms with van der Waals surface area (Å²) in [7, 11) is 2.00. The first-order valence-corrected chi connectivity index (χ1v) is 7.64. The zero-order chi connectivity index (χ0) is 15.2. The van der Waals surface area contributed by atoms with Crippen molar-refractivity contribution in [2.24, 2.45) is 7.05 Å². The highest BCUT2D eigenvalue weighted by molar-refractivity contribution is 5.27. The van der Waals surface area contributed by atoms with Crippen LogP contribution in [0.3, 0.4) is 0 Å². The van der Waals surface area contributed by atoms with Crippen molar-refractivity contribution in [2.75, 3.05) is 6.61 Å². The molecule has 0 radical (unpaired) electrons. The first-order valence-electron chi connectivity index (χ1n) is 7.64. The Labute approximate surface area is 126 Å². The SMILES string of the molecule is CCc1nn(C)c(CC)c1CNC(CO)c1ccccc1. The van der Waals surface area contributed by atoms with Crippen LogP contribution in [0.1, 0.15) is 42.4 Å². The standard InChI is InChI=1S/C17H25N3O/c1-4-15-14(17(5-2)20(3)19-15)11-18-16(12-21)13-9-7-6-8-10-13/h6-10,16,18,21H,4-5,11-12H2,1-3H3. The number of nitrogens with zero attached hydrogens (tertiary/aromatic N) is 2. The molecule has 0 saturated heterocycles. The Morgan fingerprint density at radius 1 is 1.19 bits per heavy atom. The number of aromatic nitrogens is 2. The zero-order valence-electron chi connectivity index (χ0n) is 13.1. The highest BCUT2D eigenvalue weighted by Gasteiger charge is 2.16. The van der Waals surface area contributed by atoms with Gasteiger partial charge in [-0.05, 0) is 18.4 Å². The van der Waals surface area contributed by atoms with E-state index in [9.17, 15) is 5.11 Å². The van der Waals surface area contributed by atoms with Gasteiger partial charge in [0.15, 0.2) is 0 Å². The summed E-state index contributed by atoms with van der Waals surface area (Å²) in [6.07, 6.45) is 1.90. The molecule has 4 nitrogen and oxygen atoms in total. The summed E-state index contributed by atoms with van der Waals surface area (Å²) in [5.74, 6) is 0. The van der Waals surface area contributed by atoms with Crippen molar-refractivity contribution in [3.05, 3.63) is 52.8 Å². The lowest BCUT2D eigenvalue weighted by Gasteiger charge is -2.17. The smallest absolute Gasteiger partial charge is 0.0669 e. The summed E-state index contributed by atoms with van der Waals surface area (Å²) in [6.45, 7) is 5.11. The molecule has 1 heterocycles. The van der Waals surface area contributed by atoms with E-state index >= 15 is 0 Å². The molecule has 0 aliphatic rings. The van der Waals surface area contributed by atoms with Crippen molar-refractivity contribution < 1.29 is 5.11 Å². The van der Waals surface area contributed by atoms with Crippen molar-refractivity contribution in [1.29, 1.82) is 0 Å². The quantitative estimate of drug-likeness (QED) is 0.822. The Kier molecular flexibility index (Phi) is 5.53. The molecular weight excluding hydrogens is 262 g/mol. The second-order valence-electron chi connectivity index (χ2n) is 5.23. The molecule has 1 aromatic carbocycles. The van der Waals surface area contributed by atoms with Gasteiger partial charge in [0.2, 0.25) is 0 Å². The van der Waals surface area contributed by atoms with Crippen molar-refractivity contribution in [1.82, 2.24) is 15.1 Å². The number of nitrogens with one attached hydrogen (secondary N) is 1. The van der Waals surface area contributed by atoms with Gasteiger partial charge in [-0.15, -0.1) is 0 Å². The number of hydrogen-bond donors (Lipinski definition) is 2. The number of aliphatic hydroxyl groups is 1. The van der Waals surface area contributed by atoms with E-state index in [1.807, 2.05) is 42.1 Å². The van der Waals surface area contributed by atoms with E-state index in [4.69, 9.17) is 0 Å². The van der Waals surface area contributed by atoms with E-state index in [1.54, 1.807) is 0 Å². The van der Waals surface area contributed by atoms with Crippen LogP contribution < -0.4 is 5.32 Å². The maximum atomic E-state index is 9.63.